The predicted octanol–water partition coefficient (Wildman–Crippen LogP) is 4.60. The average molecular weight is 340 g/mol. The molecule has 1 aromatic carbocycles. The summed E-state index contributed by atoms with van der Waals surface area (Å²) in [6, 6.07) is 4.64. The Bertz CT molecular complexity index is 478. The van der Waals surface area contributed by atoms with E-state index in [1.165, 1.54) is 32.1 Å². The number of ether oxygens (including phenoxy) is 2. The van der Waals surface area contributed by atoms with Crippen LogP contribution in [0.25, 0.3) is 0 Å². The van der Waals surface area contributed by atoms with Crippen LogP contribution in [0.2, 0.25) is 0 Å². The maximum Gasteiger partial charge on any atom is 0.163 e. The monoisotopic (exact) mass is 339 g/mol. The number of anilines is 1. The molecule has 1 aliphatic heterocycles. The van der Waals surface area contributed by atoms with Gasteiger partial charge in [0.1, 0.15) is 13.2 Å². The Kier molecular flexibility index (Phi) is 4.39. The summed E-state index contributed by atoms with van der Waals surface area (Å²) < 4.78 is 12.3. The van der Waals surface area contributed by atoms with Crippen LogP contribution in [0.1, 0.15) is 39.0 Å². The summed E-state index contributed by atoms with van der Waals surface area (Å²) in [7, 11) is 0. The maximum atomic E-state index is 5.66. The van der Waals surface area contributed by atoms with E-state index in [0.29, 0.717) is 19.3 Å². The number of hydrogen-bond acceptors (Lipinski definition) is 3. The minimum atomic E-state index is 0.568. The van der Waals surface area contributed by atoms with Gasteiger partial charge >= 0.3 is 0 Å². The second-order valence-corrected chi connectivity index (χ2v) is 6.78. The average Bonchev–Trinajstić information content (AvgIpc) is 2.65. The van der Waals surface area contributed by atoms with Crippen molar-refractivity contribution in [1.82, 2.24) is 0 Å². The van der Waals surface area contributed by atoms with Gasteiger partial charge in [-0.3, -0.25) is 0 Å². The molecule has 1 N–H and O–H groups in total. The smallest absolute Gasteiger partial charge is 0.163 e. The van der Waals surface area contributed by atoms with E-state index in [2.05, 4.69) is 34.2 Å². The summed E-state index contributed by atoms with van der Waals surface area (Å²) in [5.41, 5.74) is 1.12. The van der Waals surface area contributed by atoms with Gasteiger partial charge in [0, 0.05) is 22.6 Å². The topological polar surface area (TPSA) is 30.5 Å². The SMILES string of the molecule is CC1CCCC(Nc2cc3c(cc2Br)OCCO3)CC1. The Hall–Kier alpha value is -0.900. The molecule has 2 unspecified atom stereocenters. The van der Waals surface area contributed by atoms with Crippen LogP contribution < -0.4 is 14.8 Å². The minimum Gasteiger partial charge on any atom is -0.486 e. The fourth-order valence-electron chi connectivity index (χ4n) is 3.03. The summed E-state index contributed by atoms with van der Waals surface area (Å²) in [4.78, 5) is 0. The highest BCUT2D eigenvalue weighted by atomic mass is 79.9. The van der Waals surface area contributed by atoms with Gasteiger partial charge in [-0.2, -0.15) is 0 Å². The van der Waals surface area contributed by atoms with Gasteiger partial charge in [-0.25, -0.2) is 0 Å². The van der Waals surface area contributed by atoms with E-state index in [0.717, 1.165) is 27.6 Å². The second-order valence-electron chi connectivity index (χ2n) is 5.93. The molecule has 1 heterocycles. The third-order valence-electron chi connectivity index (χ3n) is 4.25. The van der Waals surface area contributed by atoms with Crippen molar-refractivity contribution in [2.75, 3.05) is 18.5 Å². The minimum absolute atomic E-state index is 0.568. The molecule has 0 saturated heterocycles. The molecule has 0 aromatic heterocycles. The summed E-state index contributed by atoms with van der Waals surface area (Å²) in [5, 5.41) is 3.68. The third-order valence-corrected chi connectivity index (χ3v) is 4.91. The number of halogens is 1. The number of nitrogens with one attached hydrogen (secondary N) is 1. The van der Waals surface area contributed by atoms with E-state index in [1.807, 2.05) is 6.07 Å². The summed E-state index contributed by atoms with van der Waals surface area (Å²) in [6.45, 7) is 3.63. The molecule has 2 atom stereocenters. The number of hydrogen-bond donors (Lipinski definition) is 1. The van der Waals surface area contributed by atoms with Crippen molar-refractivity contribution in [2.45, 2.75) is 45.1 Å². The molecule has 1 aromatic rings. The molecular formula is C16H22BrNO2. The largest absolute Gasteiger partial charge is 0.486 e. The van der Waals surface area contributed by atoms with Crippen molar-refractivity contribution < 1.29 is 9.47 Å². The van der Waals surface area contributed by atoms with Gasteiger partial charge in [-0.1, -0.05) is 19.8 Å². The Labute approximate surface area is 129 Å². The molecule has 110 valence electrons. The van der Waals surface area contributed by atoms with Gasteiger partial charge in [-0.05, 0) is 41.1 Å². The molecule has 20 heavy (non-hydrogen) atoms. The molecule has 0 amide bonds. The van der Waals surface area contributed by atoms with Crippen LogP contribution in [0.4, 0.5) is 5.69 Å². The molecule has 4 heteroatoms. The lowest BCUT2D eigenvalue weighted by Crippen LogP contribution is -2.20. The lowest BCUT2D eigenvalue weighted by atomic mass is 10.0. The zero-order valence-corrected chi connectivity index (χ0v) is 13.5. The van der Waals surface area contributed by atoms with Crippen molar-refractivity contribution in [3.8, 4) is 11.5 Å². The van der Waals surface area contributed by atoms with Gasteiger partial charge in [0.2, 0.25) is 0 Å². The molecule has 2 aliphatic rings. The molecule has 0 radical (unpaired) electrons. The number of rotatable bonds is 2. The first-order valence-corrected chi connectivity index (χ1v) is 8.37. The fraction of sp³-hybridized carbons (Fsp3) is 0.625. The molecule has 1 aliphatic carbocycles. The lowest BCUT2D eigenvalue weighted by molar-refractivity contribution is 0.171. The van der Waals surface area contributed by atoms with Crippen LogP contribution >= 0.6 is 15.9 Å². The van der Waals surface area contributed by atoms with Crippen molar-refractivity contribution >= 4 is 21.6 Å². The molecule has 3 rings (SSSR count). The van der Waals surface area contributed by atoms with Crippen LogP contribution in [0.3, 0.4) is 0 Å². The van der Waals surface area contributed by atoms with Gasteiger partial charge < -0.3 is 14.8 Å². The Morgan fingerprint density at radius 2 is 1.80 bits per heavy atom. The van der Waals surface area contributed by atoms with E-state index in [1.54, 1.807) is 0 Å². The van der Waals surface area contributed by atoms with Crippen LogP contribution in [0.15, 0.2) is 16.6 Å². The van der Waals surface area contributed by atoms with E-state index in [9.17, 15) is 0 Å². The third kappa shape index (κ3) is 3.22. The first-order chi connectivity index (χ1) is 9.72. The predicted molar refractivity (Wildman–Crippen MR) is 84.8 cm³/mol. The van der Waals surface area contributed by atoms with E-state index in [4.69, 9.17) is 9.47 Å². The summed E-state index contributed by atoms with van der Waals surface area (Å²) in [5.74, 6) is 2.55. The summed E-state index contributed by atoms with van der Waals surface area (Å²) in [6.07, 6.45) is 6.51. The quantitative estimate of drug-likeness (QED) is 0.798. The molecule has 0 bridgehead atoms. The van der Waals surface area contributed by atoms with E-state index in [-0.39, 0.29) is 0 Å². The van der Waals surface area contributed by atoms with Crippen LogP contribution in [0.5, 0.6) is 11.5 Å². The van der Waals surface area contributed by atoms with Crippen LogP contribution in [0, 0.1) is 5.92 Å². The molecule has 1 saturated carbocycles. The standard InChI is InChI=1S/C16H22BrNO2/c1-11-3-2-4-12(6-5-11)18-14-10-16-15(9-13(14)17)19-7-8-20-16/h9-12,18H,2-8H2,1H3. The highest BCUT2D eigenvalue weighted by Gasteiger charge is 2.19. The van der Waals surface area contributed by atoms with Gasteiger partial charge in [-0.15, -0.1) is 0 Å². The van der Waals surface area contributed by atoms with Gasteiger partial charge in [0.25, 0.3) is 0 Å². The highest BCUT2D eigenvalue weighted by molar-refractivity contribution is 9.10. The first kappa shape index (κ1) is 14.1. The first-order valence-electron chi connectivity index (χ1n) is 7.58. The Morgan fingerprint density at radius 1 is 1.05 bits per heavy atom. The van der Waals surface area contributed by atoms with Crippen LogP contribution in [-0.2, 0) is 0 Å². The lowest BCUT2D eigenvalue weighted by Gasteiger charge is -2.23. The normalized spacial score (nSPS) is 25.9. The van der Waals surface area contributed by atoms with E-state index >= 15 is 0 Å². The van der Waals surface area contributed by atoms with Gasteiger partial charge in [0.15, 0.2) is 11.5 Å². The van der Waals surface area contributed by atoms with E-state index < -0.39 is 0 Å². The maximum absolute atomic E-state index is 5.66. The summed E-state index contributed by atoms with van der Waals surface area (Å²) >= 11 is 3.64. The molecule has 3 nitrogen and oxygen atoms in total. The van der Waals surface area contributed by atoms with Crippen molar-refractivity contribution in [3.05, 3.63) is 16.6 Å². The Balaban J connectivity index is 1.73. The number of benzene rings is 1. The van der Waals surface area contributed by atoms with Crippen molar-refractivity contribution in [2.24, 2.45) is 5.92 Å². The van der Waals surface area contributed by atoms with Crippen LogP contribution in [-0.4, -0.2) is 19.3 Å². The zero-order valence-electron chi connectivity index (χ0n) is 12.0. The van der Waals surface area contributed by atoms with Crippen molar-refractivity contribution in [1.29, 1.82) is 0 Å². The molecule has 1 fully saturated rings. The highest BCUT2D eigenvalue weighted by Crippen LogP contribution is 2.39. The van der Waals surface area contributed by atoms with Crippen molar-refractivity contribution in [3.63, 3.8) is 0 Å². The fourth-order valence-corrected chi connectivity index (χ4v) is 3.46. The zero-order chi connectivity index (χ0) is 13.9. The Morgan fingerprint density at radius 3 is 2.60 bits per heavy atom. The molecular weight excluding hydrogens is 318 g/mol. The second kappa shape index (κ2) is 6.25. The van der Waals surface area contributed by atoms with Gasteiger partial charge in [0.05, 0.1) is 5.69 Å². The molecule has 0 spiro atoms. The number of fused-ring (bicyclic) bond motifs is 1.